The van der Waals surface area contributed by atoms with Gasteiger partial charge in [0.1, 0.15) is 5.82 Å². The van der Waals surface area contributed by atoms with E-state index >= 15 is 0 Å². The monoisotopic (exact) mass is 314 g/mol. The molecular formula is C14H17F3N4O. The zero-order valence-corrected chi connectivity index (χ0v) is 11.9. The van der Waals surface area contributed by atoms with E-state index in [0.29, 0.717) is 19.4 Å². The van der Waals surface area contributed by atoms with Crippen molar-refractivity contribution in [2.45, 2.75) is 44.3 Å². The Balaban J connectivity index is 1.87. The van der Waals surface area contributed by atoms with Crippen molar-refractivity contribution in [2.75, 3.05) is 11.4 Å². The highest BCUT2D eigenvalue weighted by Crippen LogP contribution is 2.45. The Hall–Kier alpha value is -1.70. The van der Waals surface area contributed by atoms with Crippen LogP contribution in [0.25, 0.3) is 0 Å². The third-order valence-corrected chi connectivity index (χ3v) is 4.57. The number of hydrogen-bond acceptors (Lipinski definition) is 4. The fourth-order valence-electron chi connectivity index (χ4n) is 3.51. The minimum atomic E-state index is -4.62. The minimum Gasteiger partial charge on any atom is -0.328 e. The highest BCUT2D eigenvalue weighted by molar-refractivity contribution is 5.99. The fourth-order valence-corrected chi connectivity index (χ4v) is 3.51. The van der Waals surface area contributed by atoms with Gasteiger partial charge in [-0.2, -0.15) is 13.2 Å². The van der Waals surface area contributed by atoms with Crippen molar-refractivity contribution in [3.05, 3.63) is 18.1 Å². The molecule has 1 amide bonds. The van der Waals surface area contributed by atoms with E-state index in [1.54, 1.807) is 0 Å². The molecule has 0 unspecified atom stereocenters. The van der Waals surface area contributed by atoms with Gasteiger partial charge >= 0.3 is 6.18 Å². The molecule has 5 nitrogen and oxygen atoms in total. The number of anilines is 1. The molecule has 0 radical (unpaired) electrons. The van der Waals surface area contributed by atoms with Crippen molar-refractivity contribution >= 4 is 11.7 Å². The number of alkyl halides is 3. The van der Waals surface area contributed by atoms with E-state index in [2.05, 4.69) is 9.97 Å². The van der Waals surface area contributed by atoms with E-state index in [4.69, 9.17) is 5.73 Å². The molecule has 3 rings (SSSR count). The van der Waals surface area contributed by atoms with E-state index in [0.717, 1.165) is 25.5 Å². The third-order valence-electron chi connectivity index (χ3n) is 4.57. The smallest absolute Gasteiger partial charge is 0.328 e. The maximum Gasteiger partial charge on any atom is 0.451 e. The lowest BCUT2D eigenvalue weighted by atomic mass is 9.71. The van der Waals surface area contributed by atoms with Gasteiger partial charge in [0.05, 0.1) is 5.41 Å². The van der Waals surface area contributed by atoms with Gasteiger partial charge in [-0.25, -0.2) is 9.97 Å². The third kappa shape index (κ3) is 2.55. The molecule has 1 aliphatic heterocycles. The van der Waals surface area contributed by atoms with Gasteiger partial charge in [0.15, 0.2) is 0 Å². The molecule has 1 spiro atoms. The van der Waals surface area contributed by atoms with Crippen molar-refractivity contribution in [3.63, 3.8) is 0 Å². The second-order valence-corrected chi connectivity index (χ2v) is 6.08. The number of halogens is 3. The zero-order chi connectivity index (χ0) is 16.0. The highest BCUT2D eigenvalue weighted by atomic mass is 19.4. The number of carbonyl (C=O) groups is 1. The lowest BCUT2D eigenvalue weighted by Gasteiger charge is -2.34. The fraction of sp³-hybridized carbons (Fsp3) is 0.643. The Labute approximate surface area is 125 Å². The van der Waals surface area contributed by atoms with Crippen LogP contribution in [0.3, 0.4) is 0 Å². The molecular weight excluding hydrogens is 297 g/mol. The SMILES string of the molecule is N[C@@H]1CCC[C@@]2(CCN(c3ccnc(C(F)(F)F)n3)C2=O)C1. The van der Waals surface area contributed by atoms with E-state index in [1.807, 2.05) is 0 Å². The summed E-state index contributed by atoms with van der Waals surface area (Å²) in [7, 11) is 0. The molecule has 1 saturated heterocycles. The minimum absolute atomic E-state index is 0.0170. The summed E-state index contributed by atoms with van der Waals surface area (Å²) in [5.41, 5.74) is 5.44. The highest BCUT2D eigenvalue weighted by Gasteiger charge is 2.49. The van der Waals surface area contributed by atoms with Gasteiger partial charge in [-0.3, -0.25) is 9.69 Å². The van der Waals surface area contributed by atoms with Crippen LogP contribution in [0.15, 0.2) is 12.3 Å². The first-order valence-corrected chi connectivity index (χ1v) is 7.30. The maximum absolute atomic E-state index is 12.7. The average Bonchev–Trinajstić information content (AvgIpc) is 2.75. The molecule has 2 heterocycles. The van der Waals surface area contributed by atoms with E-state index in [1.165, 1.54) is 11.0 Å². The van der Waals surface area contributed by atoms with Crippen LogP contribution in [0.4, 0.5) is 19.0 Å². The molecule has 1 saturated carbocycles. The summed E-state index contributed by atoms with van der Waals surface area (Å²) in [5, 5.41) is 0. The van der Waals surface area contributed by atoms with Crippen LogP contribution in [0.2, 0.25) is 0 Å². The molecule has 1 aliphatic carbocycles. The molecule has 0 bridgehead atoms. The van der Waals surface area contributed by atoms with E-state index < -0.39 is 17.4 Å². The molecule has 2 atom stereocenters. The largest absolute Gasteiger partial charge is 0.451 e. The number of carbonyl (C=O) groups excluding carboxylic acids is 1. The Kier molecular flexibility index (Phi) is 3.58. The lowest BCUT2D eigenvalue weighted by molar-refractivity contribution is -0.145. The van der Waals surface area contributed by atoms with Crippen LogP contribution in [0.5, 0.6) is 0 Å². The summed E-state index contributed by atoms with van der Waals surface area (Å²) in [4.78, 5) is 20.8. The quantitative estimate of drug-likeness (QED) is 0.862. The van der Waals surface area contributed by atoms with Gasteiger partial charge in [0.2, 0.25) is 11.7 Å². The number of amides is 1. The van der Waals surface area contributed by atoms with Crippen LogP contribution >= 0.6 is 0 Å². The second-order valence-electron chi connectivity index (χ2n) is 6.08. The van der Waals surface area contributed by atoms with Gasteiger partial charge in [0.25, 0.3) is 0 Å². The summed E-state index contributed by atoms with van der Waals surface area (Å²) in [6.45, 7) is 0.375. The maximum atomic E-state index is 12.7. The van der Waals surface area contributed by atoms with Crippen LogP contribution < -0.4 is 10.6 Å². The molecule has 22 heavy (non-hydrogen) atoms. The van der Waals surface area contributed by atoms with Crippen LogP contribution in [-0.2, 0) is 11.0 Å². The predicted octanol–water partition coefficient (Wildman–Crippen LogP) is 2.12. The van der Waals surface area contributed by atoms with E-state index in [9.17, 15) is 18.0 Å². The van der Waals surface area contributed by atoms with Crippen molar-refractivity contribution in [2.24, 2.45) is 11.1 Å². The number of rotatable bonds is 1. The second kappa shape index (κ2) is 5.19. The molecule has 2 aliphatic rings. The Morgan fingerprint density at radius 1 is 1.36 bits per heavy atom. The summed E-state index contributed by atoms with van der Waals surface area (Å²) >= 11 is 0. The molecule has 2 fully saturated rings. The van der Waals surface area contributed by atoms with Crippen molar-refractivity contribution in [1.82, 2.24) is 9.97 Å². The average molecular weight is 314 g/mol. The van der Waals surface area contributed by atoms with Crippen LogP contribution in [0, 0.1) is 5.41 Å². The normalized spacial score (nSPS) is 29.4. The van der Waals surface area contributed by atoms with E-state index in [-0.39, 0.29) is 17.8 Å². The van der Waals surface area contributed by atoms with Crippen molar-refractivity contribution < 1.29 is 18.0 Å². The molecule has 1 aromatic heterocycles. The van der Waals surface area contributed by atoms with Crippen LogP contribution in [-0.4, -0.2) is 28.5 Å². The zero-order valence-electron chi connectivity index (χ0n) is 11.9. The van der Waals surface area contributed by atoms with Gasteiger partial charge in [-0.1, -0.05) is 6.42 Å². The van der Waals surface area contributed by atoms with Gasteiger partial charge in [-0.15, -0.1) is 0 Å². The number of aromatic nitrogens is 2. The van der Waals surface area contributed by atoms with Crippen molar-refractivity contribution in [1.29, 1.82) is 0 Å². The van der Waals surface area contributed by atoms with Crippen LogP contribution in [0.1, 0.15) is 37.9 Å². The molecule has 2 N–H and O–H groups in total. The van der Waals surface area contributed by atoms with Gasteiger partial charge in [0, 0.05) is 18.8 Å². The Morgan fingerprint density at radius 2 is 2.14 bits per heavy atom. The first-order valence-electron chi connectivity index (χ1n) is 7.30. The summed E-state index contributed by atoms with van der Waals surface area (Å²) in [6, 6.07) is 1.32. The topological polar surface area (TPSA) is 72.1 Å². The number of nitrogens with two attached hydrogens (primary N) is 1. The van der Waals surface area contributed by atoms with Gasteiger partial charge < -0.3 is 5.73 Å². The number of hydrogen-bond donors (Lipinski definition) is 1. The molecule has 8 heteroatoms. The first-order chi connectivity index (χ1) is 10.3. The van der Waals surface area contributed by atoms with Gasteiger partial charge in [-0.05, 0) is 31.7 Å². The standard InChI is InChI=1S/C14H17F3N4O/c15-14(16,17)11-19-6-3-10(20-11)21-7-5-13(12(21)22)4-1-2-9(18)8-13/h3,6,9H,1-2,4-5,7-8,18H2/t9-,13-/m1/s1. The molecule has 1 aromatic rings. The summed E-state index contributed by atoms with van der Waals surface area (Å²) < 4.78 is 38.1. The Morgan fingerprint density at radius 3 is 2.82 bits per heavy atom. The first kappa shape index (κ1) is 15.2. The lowest BCUT2D eigenvalue weighted by Crippen LogP contribution is -2.42. The molecule has 120 valence electrons. The Bertz CT molecular complexity index is 592. The molecule has 0 aromatic carbocycles. The summed E-state index contributed by atoms with van der Waals surface area (Å²) in [5.74, 6) is -1.36. The summed E-state index contributed by atoms with van der Waals surface area (Å²) in [6.07, 6.45) is 0.135. The number of nitrogens with zero attached hydrogens (tertiary/aromatic N) is 3. The predicted molar refractivity (Wildman–Crippen MR) is 72.9 cm³/mol. The van der Waals surface area contributed by atoms with Crippen molar-refractivity contribution in [3.8, 4) is 0 Å².